The molecular formula is C11H16N2O4S. The average molecular weight is 272 g/mol. The van der Waals surface area contributed by atoms with Crippen LogP contribution in [0.2, 0.25) is 0 Å². The summed E-state index contributed by atoms with van der Waals surface area (Å²) in [4.78, 5) is 10.9. The first-order chi connectivity index (χ1) is 8.20. The van der Waals surface area contributed by atoms with Gasteiger partial charge in [0.25, 0.3) is 0 Å². The van der Waals surface area contributed by atoms with Crippen LogP contribution in [0.25, 0.3) is 0 Å². The number of carboxylic acids is 1. The van der Waals surface area contributed by atoms with Crippen molar-refractivity contribution in [2.24, 2.45) is 0 Å². The Labute approximate surface area is 106 Å². The smallest absolute Gasteiger partial charge is 0.337 e. The third-order valence-corrected chi connectivity index (χ3v) is 3.40. The first-order valence-corrected chi connectivity index (χ1v) is 7.33. The van der Waals surface area contributed by atoms with Gasteiger partial charge in [0.2, 0.25) is 0 Å². The number of nitrogens with one attached hydrogen (secondary N) is 1. The monoisotopic (exact) mass is 272 g/mol. The molecule has 1 unspecified atom stereocenters. The molecule has 7 heteroatoms. The van der Waals surface area contributed by atoms with E-state index in [9.17, 15) is 13.2 Å². The minimum absolute atomic E-state index is 0.00782. The number of rotatable bonds is 5. The molecule has 100 valence electrons. The van der Waals surface area contributed by atoms with Crippen LogP contribution in [0.1, 0.15) is 17.3 Å². The Morgan fingerprint density at radius 1 is 1.50 bits per heavy atom. The number of benzene rings is 1. The van der Waals surface area contributed by atoms with Gasteiger partial charge in [0.15, 0.2) is 0 Å². The molecular weight excluding hydrogens is 256 g/mol. The van der Waals surface area contributed by atoms with Crippen LogP contribution in [0, 0.1) is 0 Å². The molecule has 1 aromatic carbocycles. The molecule has 0 amide bonds. The van der Waals surface area contributed by atoms with Crippen molar-refractivity contribution < 1.29 is 18.3 Å². The summed E-state index contributed by atoms with van der Waals surface area (Å²) in [5.74, 6) is -1.17. The minimum atomic E-state index is -3.10. The van der Waals surface area contributed by atoms with Crippen LogP contribution < -0.4 is 11.1 Å². The molecule has 0 aliphatic heterocycles. The zero-order chi connectivity index (χ0) is 13.9. The first-order valence-electron chi connectivity index (χ1n) is 5.26. The maximum absolute atomic E-state index is 11.1. The molecule has 0 saturated carbocycles. The van der Waals surface area contributed by atoms with Crippen LogP contribution in [-0.2, 0) is 9.84 Å². The highest BCUT2D eigenvalue weighted by atomic mass is 32.2. The number of nitrogen functional groups attached to an aromatic ring is 1. The van der Waals surface area contributed by atoms with Crippen molar-refractivity contribution >= 4 is 27.2 Å². The van der Waals surface area contributed by atoms with Crippen molar-refractivity contribution in [3.63, 3.8) is 0 Å². The second kappa shape index (κ2) is 5.26. The molecule has 0 aromatic heterocycles. The summed E-state index contributed by atoms with van der Waals surface area (Å²) in [6, 6.07) is 4.20. The molecule has 0 spiro atoms. The quantitative estimate of drug-likeness (QED) is 0.684. The van der Waals surface area contributed by atoms with Crippen LogP contribution >= 0.6 is 0 Å². The number of carboxylic acid groups (broad SMARTS) is 1. The first kappa shape index (κ1) is 14.3. The van der Waals surface area contributed by atoms with E-state index in [-0.39, 0.29) is 23.0 Å². The predicted molar refractivity (Wildman–Crippen MR) is 70.6 cm³/mol. The molecule has 0 heterocycles. The topological polar surface area (TPSA) is 109 Å². The maximum atomic E-state index is 11.1. The third-order valence-electron chi connectivity index (χ3n) is 2.29. The second-order valence-electron chi connectivity index (χ2n) is 4.21. The van der Waals surface area contributed by atoms with Gasteiger partial charge in [0.1, 0.15) is 9.84 Å². The summed E-state index contributed by atoms with van der Waals surface area (Å²) in [6.45, 7) is 1.69. The highest BCUT2D eigenvalue weighted by Crippen LogP contribution is 2.23. The zero-order valence-corrected chi connectivity index (χ0v) is 11.0. The Bertz CT molecular complexity index is 554. The fourth-order valence-electron chi connectivity index (χ4n) is 1.64. The van der Waals surface area contributed by atoms with E-state index in [1.165, 1.54) is 6.07 Å². The third kappa shape index (κ3) is 3.92. The van der Waals surface area contributed by atoms with E-state index in [0.717, 1.165) is 6.26 Å². The molecule has 4 N–H and O–H groups in total. The zero-order valence-electron chi connectivity index (χ0n) is 10.2. The van der Waals surface area contributed by atoms with E-state index >= 15 is 0 Å². The van der Waals surface area contributed by atoms with E-state index in [4.69, 9.17) is 10.8 Å². The van der Waals surface area contributed by atoms with Gasteiger partial charge in [-0.2, -0.15) is 0 Å². The molecule has 0 radical (unpaired) electrons. The van der Waals surface area contributed by atoms with Crippen molar-refractivity contribution in [1.82, 2.24) is 0 Å². The summed E-state index contributed by atoms with van der Waals surface area (Å²) >= 11 is 0. The predicted octanol–water partition coefficient (Wildman–Crippen LogP) is 0.812. The molecule has 1 atom stereocenters. The number of aromatic carboxylic acids is 1. The molecule has 1 aromatic rings. The average Bonchev–Trinajstić information content (AvgIpc) is 2.17. The lowest BCUT2D eigenvalue weighted by atomic mass is 10.1. The molecule has 0 bridgehead atoms. The molecule has 0 fully saturated rings. The van der Waals surface area contributed by atoms with Gasteiger partial charge in [-0.3, -0.25) is 0 Å². The Morgan fingerprint density at radius 2 is 2.11 bits per heavy atom. The molecule has 6 nitrogen and oxygen atoms in total. The van der Waals surface area contributed by atoms with Gasteiger partial charge in [-0.15, -0.1) is 0 Å². The van der Waals surface area contributed by atoms with E-state index in [1.807, 2.05) is 0 Å². The normalized spacial score (nSPS) is 13.0. The van der Waals surface area contributed by atoms with E-state index in [2.05, 4.69) is 5.32 Å². The summed E-state index contributed by atoms with van der Waals surface area (Å²) < 4.78 is 22.3. The van der Waals surface area contributed by atoms with Gasteiger partial charge in [-0.1, -0.05) is 6.07 Å². The van der Waals surface area contributed by atoms with Crippen molar-refractivity contribution in [2.75, 3.05) is 23.1 Å². The number of nitrogens with two attached hydrogens (primary N) is 1. The number of hydrogen-bond donors (Lipinski definition) is 3. The lowest BCUT2D eigenvalue weighted by Gasteiger charge is -2.16. The molecule has 0 saturated heterocycles. The van der Waals surface area contributed by atoms with Gasteiger partial charge >= 0.3 is 5.97 Å². The molecule has 18 heavy (non-hydrogen) atoms. The lowest BCUT2D eigenvalue weighted by Crippen LogP contribution is -2.25. The Hall–Kier alpha value is -1.76. The number of para-hydroxylation sites is 1. The lowest BCUT2D eigenvalue weighted by molar-refractivity contribution is 0.0698. The SMILES string of the molecule is CC(CS(C)(=O)=O)Nc1cccc(C(=O)O)c1N. The standard InChI is InChI=1S/C11H16N2O4S/c1-7(6-18(2,16)17)13-9-5-3-4-8(10(9)12)11(14)15/h3-5,7,13H,6,12H2,1-2H3,(H,14,15). The van der Waals surface area contributed by atoms with Crippen molar-refractivity contribution in [3.8, 4) is 0 Å². The van der Waals surface area contributed by atoms with Crippen LogP contribution in [0.3, 0.4) is 0 Å². The molecule has 1 rings (SSSR count). The summed E-state index contributed by atoms with van der Waals surface area (Å²) in [7, 11) is -3.10. The van der Waals surface area contributed by atoms with Gasteiger partial charge < -0.3 is 16.2 Å². The highest BCUT2D eigenvalue weighted by molar-refractivity contribution is 7.90. The van der Waals surface area contributed by atoms with Crippen molar-refractivity contribution in [1.29, 1.82) is 0 Å². The fraction of sp³-hybridized carbons (Fsp3) is 0.364. The van der Waals surface area contributed by atoms with Crippen LogP contribution in [0.5, 0.6) is 0 Å². The summed E-state index contributed by atoms with van der Waals surface area (Å²) in [5.41, 5.74) is 6.22. The summed E-state index contributed by atoms with van der Waals surface area (Å²) in [6.07, 6.45) is 1.14. The van der Waals surface area contributed by atoms with Crippen LogP contribution in [0.15, 0.2) is 18.2 Å². The van der Waals surface area contributed by atoms with Crippen molar-refractivity contribution in [2.45, 2.75) is 13.0 Å². The van der Waals surface area contributed by atoms with Gasteiger partial charge in [0.05, 0.1) is 22.7 Å². The summed E-state index contributed by atoms with van der Waals surface area (Å²) in [5, 5.41) is 11.8. The van der Waals surface area contributed by atoms with Crippen molar-refractivity contribution in [3.05, 3.63) is 23.8 Å². The van der Waals surface area contributed by atoms with Gasteiger partial charge in [-0.05, 0) is 19.1 Å². The van der Waals surface area contributed by atoms with Crippen LogP contribution in [-0.4, -0.2) is 37.5 Å². The molecule has 0 aliphatic carbocycles. The Balaban J connectivity index is 2.92. The largest absolute Gasteiger partial charge is 0.478 e. The molecule has 0 aliphatic rings. The Kier molecular flexibility index (Phi) is 4.18. The van der Waals surface area contributed by atoms with E-state index in [0.29, 0.717) is 5.69 Å². The van der Waals surface area contributed by atoms with Gasteiger partial charge in [0, 0.05) is 12.3 Å². The number of carbonyl (C=O) groups is 1. The van der Waals surface area contributed by atoms with Crippen LogP contribution in [0.4, 0.5) is 11.4 Å². The maximum Gasteiger partial charge on any atom is 0.337 e. The minimum Gasteiger partial charge on any atom is -0.478 e. The Morgan fingerprint density at radius 3 is 2.61 bits per heavy atom. The fourth-order valence-corrected chi connectivity index (χ4v) is 2.63. The number of sulfone groups is 1. The second-order valence-corrected chi connectivity index (χ2v) is 6.39. The van der Waals surface area contributed by atoms with E-state index < -0.39 is 15.8 Å². The van der Waals surface area contributed by atoms with Gasteiger partial charge in [-0.25, -0.2) is 13.2 Å². The van der Waals surface area contributed by atoms with E-state index in [1.54, 1.807) is 19.1 Å². The number of anilines is 2. The number of hydrogen-bond acceptors (Lipinski definition) is 5. The highest BCUT2D eigenvalue weighted by Gasteiger charge is 2.14.